The van der Waals surface area contributed by atoms with Gasteiger partial charge in [0, 0.05) is 11.6 Å². The predicted octanol–water partition coefficient (Wildman–Crippen LogP) is 3.94. The summed E-state index contributed by atoms with van der Waals surface area (Å²) in [6.45, 7) is 1.58. The quantitative estimate of drug-likeness (QED) is 0.759. The molecule has 0 N–H and O–H groups in total. The average molecular weight is 275 g/mol. The van der Waals surface area contributed by atoms with Crippen molar-refractivity contribution in [1.29, 1.82) is 0 Å². The number of rotatable bonds is 2. The Morgan fingerprint density at radius 1 is 1.22 bits per heavy atom. The van der Waals surface area contributed by atoms with Crippen molar-refractivity contribution in [2.45, 2.75) is 19.0 Å². The van der Waals surface area contributed by atoms with Crippen LogP contribution in [0.3, 0.4) is 0 Å². The summed E-state index contributed by atoms with van der Waals surface area (Å²) >= 11 is 5.65. The molecule has 0 atom stereocenters. The molecule has 6 heteroatoms. The molecule has 0 radical (unpaired) electrons. The number of alkyl halides is 4. The van der Waals surface area contributed by atoms with E-state index < -0.39 is 11.9 Å². The maximum atomic E-state index is 12.5. The first kappa shape index (κ1) is 13.0. The molecule has 0 saturated carbocycles. The maximum Gasteiger partial charge on any atom is 0.435 e. The summed E-state index contributed by atoms with van der Waals surface area (Å²) in [7, 11) is 0. The van der Waals surface area contributed by atoms with Gasteiger partial charge in [-0.1, -0.05) is 12.1 Å². The van der Waals surface area contributed by atoms with Crippen molar-refractivity contribution >= 4 is 11.6 Å². The van der Waals surface area contributed by atoms with E-state index >= 15 is 0 Å². The second-order valence-corrected chi connectivity index (χ2v) is 4.15. The first-order valence-electron chi connectivity index (χ1n) is 5.21. The van der Waals surface area contributed by atoms with Crippen molar-refractivity contribution in [3.63, 3.8) is 0 Å². The molecule has 0 aliphatic heterocycles. The highest BCUT2D eigenvalue weighted by atomic mass is 35.5. The Hall–Kier alpha value is -1.49. The van der Waals surface area contributed by atoms with E-state index in [0.29, 0.717) is 17.3 Å². The van der Waals surface area contributed by atoms with Gasteiger partial charge in [-0.05, 0) is 30.7 Å². The summed E-state index contributed by atoms with van der Waals surface area (Å²) in [5.74, 6) is 0.367. The smallest absolute Gasteiger partial charge is 0.238 e. The standard InChI is InChI=1S/C12H10ClF3N2/c1-8-6-11(12(14,15)16)17-18(8)10-4-2-9(7-13)3-5-10/h2-6H,7H2,1H3. The average Bonchev–Trinajstić information content (AvgIpc) is 2.71. The Labute approximate surface area is 107 Å². The summed E-state index contributed by atoms with van der Waals surface area (Å²) in [5.41, 5.74) is 1.03. The first-order chi connectivity index (χ1) is 8.41. The van der Waals surface area contributed by atoms with Crippen LogP contribution in [0.15, 0.2) is 30.3 Å². The molecule has 1 aromatic carbocycles. The van der Waals surface area contributed by atoms with Crippen LogP contribution in [-0.4, -0.2) is 9.78 Å². The Morgan fingerprint density at radius 2 is 1.83 bits per heavy atom. The van der Waals surface area contributed by atoms with E-state index in [-0.39, 0.29) is 0 Å². The SMILES string of the molecule is Cc1cc(C(F)(F)F)nn1-c1ccc(CCl)cc1. The van der Waals surface area contributed by atoms with Crippen LogP contribution in [0.1, 0.15) is 17.0 Å². The molecule has 1 aromatic heterocycles. The third kappa shape index (κ3) is 2.51. The van der Waals surface area contributed by atoms with Gasteiger partial charge in [0.25, 0.3) is 0 Å². The number of aromatic nitrogens is 2. The van der Waals surface area contributed by atoms with E-state index in [1.54, 1.807) is 31.2 Å². The van der Waals surface area contributed by atoms with Crippen LogP contribution in [0.5, 0.6) is 0 Å². The summed E-state index contributed by atoms with van der Waals surface area (Å²) in [6, 6.07) is 7.93. The molecule has 0 unspecified atom stereocenters. The lowest BCUT2D eigenvalue weighted by Crippen LogP contribution is -2.07. The third-order valence-corrected chi connectivity index (χ3v) is 2.82. The lowest BCUT2D eigenvalue weighted by Gasteiger charge is -2.05. The van der Waals surface area contributed by atoms with Crippen molar-refractivity contribution in [2.75, 3.05) is 0 Å². The zero-order chi connectivity index (χ0) is 13.3. The summed E-state index contributed by atoms with van der Waals surface area (Å²) < 4.78 is 38.8. The van der Waals surface area contributed by atoms with Gasteiger partial charge in [-0.3, -0.25) is 0 Å². The number of hydrogen-bond acceptors (Lipinski definition) is 1. The number of aryl methyl sites for hydroxylation is 1. The number of benzene rings is 1. The molecule has 0 spiro atoms. The fourth-order valence-electron chi connectivity index (χ4n) is 1.60. The van der Waals surface area contributed by atoms with Crippen molar-refractivity contribution < 1.29 is 13.2 Å². The fourth-order valence-corrected chi connectivity index (χ4v) is 1.78. The Bertz CT molecular complexity index is 543. The van der Waals surface area contributed by atoms with Crippen LogP contribution >= 0.6 is 11.6 Å². The molecule has 96 valence electrons. The van der Waals surface area contributed by atoms with E-state index in [4.69, 9.17) is 11.6 Å². The second-order valence-electron chi connectivity index (χ2n) is 3.88. The highest BCUT2D eigenvalue weighted by molar-refractivity contribution is 6.17. The second kappa shape index (κ2) is 4.65. The Morgan fingerprint density at radius 3 is 2.28 bits per heavy atom. The van der Waals surface area contributed by atoms with E-state index in [1.165, 1.54) is 4.68 Å². The van der Waals surface area contributed by atoms with E-state index in [0.717, 1.165) is 11.6 Å². The minimum absolute atomic E-state index is 0.367. The van der Waals surface area contributed by atoms with Gasteiger partial charge in [0.05, 0.1) is 5.69 Å². The molecular formula is C12H10ClF3N2. The van der Waals surface area contributed by atoms with Crippen LogP contribution in [0.2, 0.25) is 0 Å². The molecule has 1 heterocycles. The molecule has 18 heavy (non-hydrogen) atoms. The van der Waals surface area contributed by atoms with Crippen LogP contribution in [0, 0.1) is 6.92 Å². The summed E-state index contributed by atoms with van der Waals surface area (Å²) in [4.78, 5) is 0. The maximum absolute atomic E-state index is 12.5. The van der Waals surface area contributed by atoms with Gasteiger partial charge < -0.3 is 0 Å². The Balaban J connectivity index is 2.41. The summed E-state index contributed by atoms with van der Waals surface area (Å²) in [5, 5.41) is 3.57. The largest absolute Gasteiger partial charge is 0.435 e. The highest BCUT2D eigenvalue weighted by Crippen LogP contribution is 2.29. The minimum Gasteiger partial charge on any atom is -0.238 e. The van der Waals surface area contributed by atoms with Gasteiger partial charge in [-0.25, -0.2) is 4.68 Å². The zero-order valence-corrected chi connectivity index (χ0v) is 10.3. The van der Waals surface area contributed by atoms with Gasteiger partial charge in [0.2, 0.25) is 0 Å². The monoisotopic (exact) mass is 274 g/mol. The van der Waals surface area contributed by atoms with Gasteiger partial charge in [0.15, 0.2) is 5.69 Å². The molecular weight excluding hydrogens is 265 g/mol. The fraction of sp³-hybridized carbons (Fsp3) is 0.250. The van der Waals surface area contributed by atoms with Crippen LogP contribution in [0.4, 0.5) is 13.2 Å². The van der Waals surface area contributed by atoms with Crippen LogP contribution < -0.4 is 0 Å². The van der Waals surface area contributed by atoms with Gasteiger partial charge in [-0.2, -0.15) is 18.3 Å². The molecule has 2 rings (SSSR count). The van der Waals surface area contributed by atoms with Gasteiger partial charge >= 0.3 is 6.18 Å². The number of hydrogen-bond donors (Lipinski definition) is 0. The molecule has 0 fully saturated rings. The highest BCUT2D eigenvalue weighted by Gasteiger charge is 2.34. The predicted molar refractivity (Wildman–Crippen MR) is 62.9 cm³/mol. The topological polar surface area (TPSA) is 17.8 Å². The molecule has 0 amide bonds. The zero-order valence-electron chi connectivity index (χ0n) is 9.50. The molecule has 2 aromatic rings. The molecule has 0 aliphatic carbocycles. The lowest BCUT2D eigenvalue weighted by molar-refractivity contribution is -0.141. The van der Waals surface area contributed by atoms with Crippen molar-refractivity contribution in [2.24, 2.45) is 0 Å². The van der Waals surface area contributed by atoms with Gasteiger partial charge in [0.1, 0.15) is 0 Å². The first-order valence-corrected chi connectivity index (χ1v) is 5.74. The van der Waals surface area contributed by atoms with Crippen LogP contribution in [0.25, 0.3) is 5.69 Å². The van der Waals surface area contributed by atoms with E-state index in [2.05, 4.69) is 5.10 Å². The lowest BCUT2D eigenvalue weighted by atomic mass is 10.2. The molecule has 0 bridgehead atoms. The molecule has 2 nitrogen and oxygen atoms in total. The Kier molecular flexibility index (Phi) is 3.34. The normalized spacial score (nSPS) is 11.8. The third-order valence-electron chi connectivity index (χ3n) is 2.51. The van der Waals surface area contributed by atoms with Crippen molar-refractivity contribution in [1.82, 2.24) is 9.78 Å². The van der Waals surface area contributed by atoms with Gasteiger partial charge in [-0.15, -0.1) is 11.6 Å². The summed E-state index contributed by atoms with van der Waals surface area (Å²) in [6.07, 6.45) is -4.42. The van der Waals surface area contributed by atoms with Crippen molar-refractivity contribution in [3.05, 3.63) is 47.3 Å². The van der Waals surface area contributed by atoms with Crippen LogP contribution in [-0.2, 0) is 12.1 Å². The molecule has 0 aliphatic rings. The number of nitrogens with zero attached hydrogens (tertiary/aromatic N) is 2. The van der Waals surface area contributed by atoms with Crippen molar-refractivity contribution in [3.8, 4) is 5.69 Å². The van der Waals surface area contributed by atoms with E-state index in [1.807, 2.05) is 0 Å². The van der Waals surface area contributed by atoms with E-state index in [9.17, 15) is 13.2 Å². The molecule has 0 saturated heterocycles. The minimum atomic E-state index is -4.42. The number of halogens is 4.